The molecule has 1 aliphatic rings. The Bertz CT molecular complexity index is 282. The quantitative estimate of drug-likeness (QED) is 0.666. The van der Waals surface area contributed by atoms with Crippen molar-refractivity contribution in [2.24, 2.45) is 0 Å². The average Bonchev–Trinajstić information content (AvgIpc) is 2.25. The standard InChI is InChI=1S/C14H23N/c1-5-7-8-14-11-15(12(3)4)10-9-13(14)6-2/h5-8,12H,9-11H2,1-4H3/b7-5-,13-6-,14-8-. The van der Waals surface area contributed by atoms with Crippen molar-refractivity contribution in [1.82, 2.24) is 4.90 Å². The summed E-state index contributed by atoms with van der Waals surface area (Å²) in [4.78, 5) is 2.53. The Balaban J connectivity index is 2.79. The van der Waals surface area contributed by atoms with Crippen LogP contribution in [0.4, 0.5) is 0 Å². The molecule has 0 atom stereocenters. The van der Waals surface area contributed by atoms with E-state index in [4.69, 9.17) is 0 Å². The van der Waals surface area contributed by atoms with Crippen molar-refractivity contribution in [1.29, 1.82) is 0 Å². The molecule has 0 aromatic heterocycles. The Morgan fingerprint density at radius 3 is 2.47 bits per heavy atom. The lowest BCUT2D eigenvalue weighted by molar-refractivity contribution is 0.231. The van der Waals surface area contributed by atoms with Crippen LogP contribution in [0.2, 0.25) is 0 Å². The molecule has 0 aliphatic carbocycles. The molecule has 84 valence electrons. The predicted octanol–water partition coefficient (Wildman–Crippen LogP) is 3.55. The SMILES string of the molecule is C\C=C/C=C1/CN(C(C)C)CC/C1=C/C. The Morgan fingerprint density at radius 2 is 1.93 bits per heavy atom. The molecule has 0 N–H and O–H groups in total. The van der Waals surface area contributed by atoms with Crippen LogP contribution >= 0.6 is 0 Å². The second-order valence-electron chi connectivity index (χ2n) is 4.35. The van der Waals surface area contributed by atoms with E-state index in [1.165, 1.54) is 24.1 Å². The van der Waals surface area contributed by atoms with Crippen molar-refractivity contribution in [2.45, 2.75) is 40.2 Å². The van der Waals surface area contributed by atoms with Gasteiger partial charge in [-0.1, -0.05) is 24.3 Å². The van der Waals surface area contributed by atoms with Crippen LogP contribution in [-0.4, -0.2) is 24.0 Å². The van der Waals surface area contributed by atoms with E-state index in [2.05, 4.69) is 56.9 Å². The van der Waals surface area contributed by atoms with E-state index in [0.717, 1.165) is 6.54 Å². The number of allylic oxidation sites excluding steroid dienone is 4. The first-order valence-corrected chi connectivity index (χ1v) is 5.90. The van der Waals surface area contributed by atoms with Crippen LogP contribution in [0, 0.1) is 0 Å². The van der Waals surface area contributed by atoms with Crippen LogP contribution in [-0.2, 0) is 0 Å². The van der Waals surface area contributed by atoms with Gasteiger partial charge in [0, 0.05) is 19.1 Å². The van der Waals surface area contributed by atoms with Gasteiger partial charge in [0.25, 0.3) is 0 Å². The zero-order chi connectivity index (χ0) is 11.3. The first kappa shape index (κ1) is 12.3. The highest BCUT2D eigenvalue weighted by molar-refractivity contribution is 5.36. The lowest BCUT2D eigenvalue weighted by Crippen LogP contribution is -2.37. The molecule has 0 bridgehead atoms. The van der Waals surface area contributed by atoms with Crippen LogP contribution < -0.4 is 0 Å². The van der Waals surface area contributed by atoms with Crippen molar-refractivity contribution in [3.63, 3.8) is 0 Å². The van der Waals surface area contributed by atoms with Gasteiger partial charge in [-0.15, -0.1) is 0 Å². The molecule has 0 radical (unpaired) electrons. The summed E-state index contributed by atoms with van der Waals surface area (Å²) in [7, 11) is 0. The summed E-state index contributed by atoms with van der Waals surface area (Å²) in [6.07, 6.45) is 9.94. The van der Waals surface area contributed by atoms with Crippen LogP contribution in [0.15, 0.2) is 35.5 Å². The molecule has 1 heterocycles. The number of likely N-dealkylation sites (tertiary alicyclic amines) is 1. The summed E-state index contributed by atoms with van der Waals surface area (Å²) in [5.74, 6) is 0. The number of rotatable bonds is 2. The molecule has 1 rings (SSSR count). The Kier molecular flexibility index (Phi) is 4.83. The van der Waals surface area contributed by atoms with Gasteiger partial charge in [0.1, 0.15) is 0 Å². The first-order valence-electron chi connectivity index (χ1n) is 5.90. The van der Waals surface area contributed by atoms with Crippen molar-refractivity contribution < 1.29 is 0 Å². The van der Waals surface area contributed by atoms with Crippen molar-refractivity contribution in [2.75, 3.05) is 13.1 Å². The molecule has 0 aromatic rings. The third-order valence-electron chi connectivity index (χ3n) is 3.02. The largest absolute Gasteiger partial charge is 0.296 e. The fourth-order valence-corrected chi connectivity index (χ4v) is 1.97. The maximum atomic E-state index is 2.53. The van der Waals surface area contributed by atoms with E-state index in [0.29, 0.717) is 6.04 Å². The van der Waals surface area contributed by atoms with Crippen LogP contribution in [0.25, 0.3) is 0 Å². The monoisotopic (exact) mass is 205 g/mol. The predicted molar refractivity (Wildman–Crippen MR) is 68.0 cm³/mol. The minimum Gasteiger partial charge on any atom is -0.296 e. The lowest BCUT2D eigenvalue weighted by atomic mass is 9.96. The van der Waals surface area contributed by atoms with E-state index in [1.807, 2.05) is 0 Å². The van der Waals surface area contributed by atoms with Gasteiger partial charge in [0.2, 0.25) is 0 Å². The Hall–Kier alpha value is -0.820. The second kappa shape index (κ2) is 5.92. The molecule has 0 unspecified atom stereocenters. The summed E-state index contributed by atoms with van der Waals surface area (Å²) >= 11 is 0. The molecule has 0 spiro atoms. The highest BCUT2D eigenvalue weighted by atomic mass is 15.1. The lowest BCUT2D eigenvalue weighted by Gasteiger charge is -2.33. The molecule has 1 heteroatoms. The minimum absolute atomic E-state index is 0.650. The molecule has 15 heavy (non-hydrogen) atoms. The maximum absolute atomic E-state index is 2.53. The summed E-state index contributed by atoms with van der Waals surface area (Å²) in [6.45, 7) is 11.0. The number of hydrogen-bond donors (Lipinski definition) is 0. The molecule has 1 nitrogen and oxygen atoms in total. The van der Waals surface area contributed by atoms with E-state index in [-0.39, 0.29) is 0 Å². The zero-order valence-electron chi connectivity index (χ0n) is 10.5. The van der Waals surface area contributed by atoms with Crippen molar-refractivity contribution in [3.05, 3.63) is 35.5 Å². The molecule has 1 fully saturated rings. The van der Waals surface area contributed by atoms with Crippen LogP contribution in [0.5, 0.6) is 0 Å². The summed E-state index contributed by atoms with van der Waals surface area (Å²) in [6, 6.07) is 0.650. The van der Waals surface area contributed by atoms with Crippen molar-refractivity contribution in [3.8, 4) is 0 Å². The number of nitrogens with zero attached hydrogens (tertiary/aromatic N) is 1. The summed E-state index contributed by atoms with van der Waals surface area (Å²) in [5, 5.41) is 0. The van der Waals surface area contributed by atoms with Gasteiger partial charge in [0.15, 0.2) is 0 Å². The number of hydrogen-bond acceptors (Lipinski definition) is 1. The van der Waals surface area contributed by atoms with Gasteiger partial charge in [-0.05, 0) is 45.3 Å². The zero-order valence-corrected chi connectivity index (χ0v) is 10.5. The molecule has 0 amide bonds. The van der Waals surface area contributed by atoms with Crippen LogP contribution in [0.3, 0.4) is 0 Å². The minimum atomic E-state index is 0.650. The fraction of sp³-hybridized carbons (Fsp3) is 0.571. The second-order valence-corrected chi connectivity index (χ2v) is 4.35. The molecule has 0 saturated carbocycles. The maximum Gasteiger partial charge on any atom is 0.0239 e. The fourth-order valence-electron chi connectivity index (χ4n) is 1.97. The van der Waals surface area contributed by atoms with Gasteiger partial charge in [-0.3, -0.25) is 4.90 Å². The Labute approximate surface area is 94.2 Å². The van der Waals surface area contributed by atoms with Gasteiger partial charge in [-0.25, -0.2) is 0 Å². The molecular weight excluding hydrogens is 182 g/mol. The van der Waals surface area contributed by atoms with Crippen LogP contribution in [0.1, 0.15) is 34.1 Å². The molecule has 1 saturated heterocycles. The normalized spacial score (nSPS) is 24.9. The topological polar surface area (TPSA) is 3.24 Å². The highest BCUT2D eigenvalue weighted by Crippen LogP contribution is 2.23. The van der Waals surface area contributed by atoms with E-state index in [9.17, 15) is 0 Å². The van der Waals surface area contributed by atoms with E-state index < -0.39 is 0 Å². The highest BCUT2D eigenvalue weighted by Gasteiger charge is 2.19. The van der Waals surface area contributed by atoms with Gasteiger partial charge >= 0.3 is 0 Å². The third-order valence-corrected chi connectivity index (χ3v) is 3.02. The van der Waals surface area contributed by atoms with E-state index in [1.54, 1.807) is 0 Å². The van der Waals surface area contributed by atoms with Gasteiger partial charge in [-0.2, -0.15) is 0 Å². The van der Waals surface area contributed by atoms with Crippen molar-refractivity contribution >= 4 is 0 Å². The molecular formula is C14H23N. The first-order chi connectivity index (χ1) is 7.19. The number of piperidine rings is 1. The van der Waals surface area contributed by atoms with Gasteiger partial charge < -0.3 is 0 Å². The Morgan fingerprint density at radius 1 is 1.20 bits per heavy atom. The smallest absolute Gasteiger partial charge is 0.0239 e. The summed E-state index contributed by atoms with van der Waals surface area (Å²) < 4.78 is 0. The third kappa shape index (κ3) is 3.35. The molecule has 0 aromatic carbocycles. The average molecular weight is 205 g/mol. The molecule has 1 aliphatic heterocycles. The summed E-state index contributed by atoms with van der Waals surface area (Å²) in [5.41, 5.74) is 3.00. The van der Waals surface area contributed by atoms with E-state index >= 15 is 0 Å². The van der Waals surface area contributed by atoms with Gasteiger partial charge in [0.05, 0.1) is 0 Å².